The highest BCUT2D eigenvalue weighted by molar-refractivity contribution is 6.94. The van der Waals surface area contributed by atoms with Crippen LogP contribution in [0.1, 0.15) is 0 Å². The summed E-state index contributed by atoms with van der Waals surface area (Å²) in [7, 11) is -2.86. The monoisotopic (exact) mass is 274 g/mol. The fourth-order valence-electron chi connectivity index (χ4n) is 1.27. The fraction of sp³-hybridized carbons (Fsp3) is 0.333. The van der Waals surface area contributed by atoms with Gasteiger partial charge in [0.2, 0.25) is 5.82 Å². The zero-order chi connectivity index (χ0) is 12.7. The number of hydrogen-bond acceptors (Lipinski definition) is 0. The number of alkyl halides is 1. The van der Waals surface area contributed by atoms with Crippen molar-refractivity contribution in [2.45, 2.75) is 13.1 Å². The van der Waals surface area contributed by atoms with Crippen LogP contribution < -0.4 is 5.19 Å². The van der Waals surface area contributed by atoms with Crippen LogP contribution in [0.3, 0.4) is 0 Å². The Balaban J connectivity index is 3.65. The fourth-order valence-corrected chi connectivity index (χ4v) is 3.21. The first kappa shape index (κ1) is 13.4. The Morgan fingerprint density at radius 3 is 1.44 bits per heavy atom. The average Bonchev–Trinajstić information content (AvgIpc) is 2.23. The summed E-state index contributed by atoms with van der Waals surface area (Å²) in [6, 6.07) is 0. The third kappa shape index (κ3) is 1.95. The molecule has 0 aliphatic rings. The molecule has 1 aromatic rings. The molecular weight excluding hydrogens is 267 g/mol. The molecule has 0 N–H and O–H groups in total. The Hall–Kier alpha value is -0.623. The topological polar surface area (TPSA) is 0 Å². The summed E-state index contributed by atoms with van der Waals surface area (Å²) in [5.41, 5.74) is -0.134. The first-order valence-electron chi connectivity index (χ1n) is 4.32. The van der Waals surface area contributed by atoms with Gasteiger partial charge in [-0.25, -0.2) is 22.0 Å². The summed E-state index contributed by atoms with van der Waals surface area (Å²) in [4.78, 5) is 0. The van der Waals surface area contributed by atoms with Gasteiger partial charge in [-0.15, -0.1) is 11.6 Å². The van der Waals surface area contributed by atoms with Gasteiger partial charge < -0.3 is 0 Å². The minimum absolute atomic E-state index is 0.134. The summed E-state index contributed by atoms with van der Waals surface area (Å²) < 4.78 is 65.2. The second kappa shape index (κ2) is 4.33. The van der Waals surface area contributed by atoms with Gasteiger partial charge in [-0.05, 0) is 0 Å². The minimum Gasteiger partial charge on any atom is -0.204 e. The van der Waals surface area contributed by atoms with Gasteiger partial charge in [0, 0.05) is 10.7 Å². The predicted molar refractivity (Wildman–Crippen MR) is 54.1 cm³/mol. The van der Waals surface area contributed by atoms with Crippen LogP contribution in [0.25, 0.3) is 0 Å². The predicted octanol–water partition coefficient (Wildman–Crippen LogP) is 3.08. The molecule has 0 spiro atoms. The van der Waals surface area contributed by atoms with Gasteiger partial charge in [-0.2, -0.15) is 0 Å². The van der Waals surface area contributed by atoms with Crippen molar-refractivity contribution in [2.75, 3.05) is 5.50 Å². The smallest absolute Gasteiger partial charge is 0.200 e. The van der Waals surface area contributed by atoms with Crippen molar-refractivity contribution < 1.29 is 22.0 Å². The van der Waals surface area contributed by atoms with E-state index in [2.05, 4.69) is 0 Å². The molecule has 0 unspecified atom stereocenters. The molecule has 90 valence electrons. The van der Waals surface area contributed by atoms with Gasteiger partial charge in [0.25, 0.3) is 0 Å². The second-order valence-corrected chi connectivity index (χ2v) is 9.30. The Kier molecular flexibility index (Phi) is 3.64. The maximum absolute atomic E-state index is 13.3. The molecule has 0 saturated heterocycles. The molecular formula is C9H8ClF5Si. The maximum Gasteiger partial charge on any atom is 0.200 e. The van der Waals surface area contributed by atoms with Crippen molar-refractivity contribution in [2.24, 2.45) is 0 Å². The van der Waals surface area contributed by atoms with Crippen LogP contribution >= 0.6 is 11.6 Å². The molecule has 7 heteroatoms. The normalized spacial score (nSPS) is 12.0. The van der Waals surface area contributed by atoms with E-state index in [1.807, 2.05) is 0 Å². The SMILES string of the molecule is C[Si](C)(CCl)c1c(F)c(F)c(F)c(F)c1F. The Bertz CT molecular complexity index is 403. The van der Waals surface area contributed by atoms with E-state index in [9.17, 15) is 22.0 Å². The first-order chi connectivity index (χ1) is 7.24. The highest BCUT2D eigenvalue weighted by Gasteiger charge is 2.35. The number of benzene rings is 1. The lowest BCUT2D eigenvalue weighted by atomic mass is 10.3. The van der Waals surface area contributed by atoms with E-state index in [0.717, 1.165) is 0 Å². The highest BCUT2D eigenvalue weighted by atomic mass is 35.5. The van der Waals surface area contributed by atoms with Crippen LogP contribution in [-0.4, -0.2) is 13.6 Å². The van der Waals surface area contributed by atoms with E-state index in [1.54, 1.807) is 0 Å². The summed E-state index contributed by atoms with van der Waals surface area (Å²) >= 11 is 5.51. The summed E-state index contributed by atoms with van der Waals surface area (Å²) in [5, 5.41) is -0.751. The second-order valence-electron chi connectivity index (χ2n) is 3.96. The quantitative estimate of drug-likeness (QED) is 0.256. The molecule has 1 rings (SSSR count). The molecule has 0 fully saturated rings. The Labute approximate surface area is 95.0 Å². The van der Waals surface area contributed by atoms with E-state index < -0.39 is 42.3 Å². The third-order valence-corrected chi connectivity index (χ3v) is 6.69. The van der Waals surface area contributed by atoms with E-state index in [0.29, 0.717) is 0 Å². The van der Waals surface area contributed by atoms with Crippen molar-refractivity contribution in [1.29, 1.82) is 0 Å². The number of hydrogen-bond donors (Lipinski definition) is 0. The lowest BCUT2D eigenvalue weighted by Gasteiger charge is -2.21. The molecule has 0 bridgehead atoms. The molecule has 0 radical (unpaired) electrons. The maximum atomic E-state index is 13.3. The number of halogens is 6. The summed E-state index contributed by atoms with van der Waals surface area (Å²) in [5.74, 6) is -9.51. The largest absolute Gasteiger partial charge is 0.204 e. The van der Waals surface area contributed by atoms with Crippen LogP contribution in [0.4, 0.5) is 22.0 Å². The lowest BCUT2D eigenvalue weighted by molar-refractivity contribution is 0.383. The molecule has 0 aliphatic heterocycles. The van der Waals surface area contributed by atoms with Gasteiger partial charge >= 0.3 is 0 Å². The van der Waals surface area contributed by atoms with Crippen molar-refractivity contribution >= 4 is 24.9 Å². The standard InChI is InChI=1S/C9H8ClF5Si/c1-16(2,3-10)9-7(14)5(12)4(11)6(13)8(9)15/h3H2,1-2H3. The van der Waals surface area contributed by atoms with Gasteiger partial charge in [-0.3, -0.25) is 0 Å². The summed E-state index contributed by atoms with van der Waals surface area (Å²) in [6.45, 7) is 2.86. The third-order valence-electron chi connectivity index (χ3n) is 2.22. The molecule has 0 nitrogen and oxygen atoms in total. The van der Waals surface area contributed by atoms with Gasteiger partial charge in [-0.1, -0.05) is 13.1 Å². The zero-order valence-electron chi connectivity index (χ0n) is 8.47. The van der Waals surface area contributed by atoms with E-state index in [-0.39, 0.29) is 5.50 Å². The molecule has 16 heavy (non-hydrogen) atoms. The van der Waals surface area contributed by atoms with Gasteiger partial charge in [0.15, 0.2) is 23.3 Å². The Morgan fingerprint density at radius 2 is 1.12 bits per heavy atom. The van der Waals surface area contributed by atoms with Crippen molar-refractivity contribution in [1.82, 2.24) is 0 Å². The zero-order valence-corrected chi connectivity index (χ0v) is 10.2. The molecule has 0 saturated carbocycles. The van der Waals surface area contributed by atoms with E-state index in [4.69, 9.17) is 11.6 Å². The minimum atomic E-state index is -2.86. The number of rotatable bonds is 2. The lowest BCUT2D eigenvalue weighted by Crippen LogP contribution is -2.49. The van der Waals surface area contributed by atoms with Crippen LogP contribution in [-0.2, 0) is 0 Å². The van der Waals surface area contributed by atoms with Crippen molar-refractivity contribution in [3.63, 3.8) is 0 Å². The van der Waals surface area contributed by atoms with Crippen LogP contribution in [0.5, 0.6) is 0 Å². The molecule has 0 atom stereocenters. The van der Waals surface area contributed by atoms with Crippen molar-refractivity contribution in [3.8, 4) is 0 Å². The van der Waals surface area contributed by atoms with Gasteiger partial charge in [0.1, 0.15) is 8.07 Å². The molecule has 0 heterocycles. The average molecular weight is 275 g/mol. The van der Waals surface area contributed by atoms with Crippen LogP contribution in [0, 0.1) is 29.1 Å². The molecule has 0 aliphatic carbocycles. The Morgan fingerprint density at radius 1 is 0.812 bits per heavy atom. The molecule has 0 amide bonds. The van der Waals surface area contributed by atoms with E-state index >= 15 is 0 Å². The molecule has 0 aromatic heterocycles. The van der Waals surface area contributed by atoms with E-state index in [1.165, 1.54) is 13.1 Å². The first-order valence-corrected chi connectivity index (χ1v) is 8.06. The van der Waals surface area contributed by atoms with Gasteiger partial charge in [0.05, 0.1) is 0 Å². The highest BCUT2D eigenvalue weighted by Crippen LogP contribution is 2.20. The summed E-state index contributed by atoms with van der Waals surface area (Å²) in [6.07, 6.45) is 0. The molecule has 1 aromatic carbocycles. The van der Waals surface area contributed by atoms with Crippen molar-refractivity contribution in [3.05, 3.63) is 29.1 Å². The van der Waals surface area contributed by atoms with Crippen LogP contribution in [0.2, 0.25) is 13.1 Å². The van der Waals surface area contributed by atoms with Crippen LogP contribution in [0.15, 0.2) is 0 Å².